The molecule has 0 aliphatic heterocycles. The second-order valence-electron chi connectivity index (χ2n) is 4.33. The van der Waals surface area contributed by atoms with Gasteiger partial charge in [0.05, 0.1) is 0 Å². The lowest BCUT2D eigenvalue weighted by Gasteiger charge is -2.11. The molecule has 7 heteroatoms. The number of aryl methyl sites for hydroxylation is 2. The molecule has 0 unspecified atom stereocenters. The summed E-state index contributed by atoms with van der Waals surface area (Å²) in [4.78, 5) is 23.5. The van der Waals surface area contributed by atoms with E-state index in [9.17, 15) is 9.59 Å². The third kappa shape index (κ3) is 3.00. The molecule has 0 spiro atoms. The number of nitrogens with zero attached hydrogens (tertiary/aromatic N) is 2. The molecular weight excluding hydrogens is 260 g/mol. The Labute approximate surface area is 115 Å². The van der Waals surface area contributed by atoms with Crippen molar-refractivity contribution in [3.63, 3.8) is 0 Å². The van der Waals surface area contributed by atoms with E-state index in [0.29, 0.717) is 5.56 Å². The summed E-state index contributed by atoms with van der Waals surface area (Å²) < 4.78 is 5.13. The summed E-state index contributed by atoms with van der Waals surface area (Å²) in [5.41, 5.74) is 6.69. The number of benzene rings is 1. The van der Waals surface area contributed by atoms with Crippen molar-refractivity contribution in [1.82, 2.24) is 15.5 Å². The van der Waals surface area contributed by atoms with Gasteiger partial charge >= 0.3 is 0 Å². The third-order valence-electron chi connectivity index (χ3n) is 2.66. The van der Waals surface area contributed by atoms with Gasteiger partial charge in [-0.15, -0.1) is 10.2 Å². The number of aromatic nitrogens is 2. The Bertz CT molecular complexity index is 633. The first-order valence-corrected chi connectivity index (χ1v) is 5.94. The predicted molar refractivity (Wildman–Crippen MR) is 69.6 cm³/mol. The van der Waals surface area contributed by atoms with E-state index >= 15 is 0 Å². The zero-order valence-electron chi connectivity index (χ0n) is 11.1. The first-order valence-electron chi connectivity index (χ1n) is 5.94. The highest BCUT2D eigenvalue weighted by atomic mass is 16.4. The molecule has 104 valence electrons. The van der Waals surface area contributed by atoms with Crippen LogP contribution in [-0.2, 0) is 4.79 Å². The van der Waals surface area contributed by atoms with Crippen molar-refractivity contribution in [1.29, 1.82) is 0 Å². The van der Waals surface area contributed by atoms with Crippen LogP contribution in [-0.4, -0.2) is 22.0 Å². The van der Waals surface area contributed by atoms with Crippen LogP contribution in [0.15, 0.2) is 28.7 Å². The summed E-state index contributed by atoms with van der Waals surface area (Å²) >= 11 is 0. The van der Waals surface area contributed by atoms with Crippen molar-refractivity contribution in [3.05, 3.63) is 47.2 Å². The summed E-state index contributed by atoms with van der Waals surface area (Å²) in [6.45, 7) is 3.49. The molecule has 2 rings (SSSR count). The van der Waals surface area contributed by atoms with Gasteiger partial charge < -0.3 is 15.5 Å². The van der Waals surface area contributed by atoms with Crippen LogP contribution in [0.5, 0.6) is 0 Å². The molecule has 0 fully saturated rings. The molecule has 20 heavy (non-hydrogen) atoms. The highest BCUT2D eigenvalue weighted by Crippen LogP contribution is 2.12. The average molecular weight is 274 g/mol. The number of hydrogen-bond donors (Lipinski definition) is 2. The molecule has 0 aliphatic carbocycles. The Balaban J connectivity index is 2.18. The molecule has 1 aromatic heterocycles. The van der Waals surface area contributed by atoms with E-state index in [2.05, 4.69) is 15.5 Å². The maximum Gasteiger partial charge on any atom is 0.252 e. The maximum atomic E-state index is 12.0. The number of carbonyl (C=O) groups excluding carboxylic acids is 2. The van der Waals surface area contributed by atoms with E-state index in [1.54, 1.807) is 31.2 Å². The lowest BCUT2D eigenvalue weighted by molar-refractivity contribution is -0.120. The van der Waals surface area contributed by atoms with Gasteiger partial charge in [-0.2, -0.15) is 0 Å². The normalized spacial score (nSPS) is 11.9. The monoisotopic (exact) mass is 274 g/mol. The van der Waals surface area contributed by atoms with Crippen molar-refractivity contribution in [2.75, 3.05) is 0 Å². The Kier molecular flexibility index (Phi) is 3.79. The Hall–Kier alpha value is -2.70. The molecule has 1 heterocycles. The average Bonchev–Trinajstić information content (AvgIpc) is 2.82. The molecule has 2 amide bonds. The molecule has 0 saturated carbocycles. The SMILES string of the molecule is Cc1ccc(C(=O)N[C@@H](C(N)=O)c2nnc(C)o2)cc1. The number of primary amides is 1. The van der Waals surface area contributed by atoms with Gasteiger partial charge in [0.2, 0.25) is 17.7 Å². The first-order chi connectivity index (χ1) is 9.47. The van der Waals surface area contributed by atoms with Crippen molar-refractivity contribution in [2.45, 2.75) is 19.9 Å². The summed E-state index contributed by atoms with van der Waals surface area (Å²) in [6.07, 6.45) is 0. The Morgan fingerprint density at radius 2 is 1.85 bits per heavy atom. The first kappa shape index (κ1) is 13.7. The van der Waals surface area contributed by atoms with Crippen molar-refractivity contribution >= 4 is 11.8 Å². The molecule has 0 aliphatic rings. The number of nitrogens with one attached hydrogen (secondary N) is 1. The summed E-state index contributed by atoms with van der Waals surface area (Å²) in [6, 6.07) is 5.75. The van der Waals surface area contributed by atoms with Crippen LogP contribution in [0.25, 0.3) is 0 Å². The minimum absolute atomic E-state index is 0.0320. The van der Waals surface area contributed by atoms with Crippen LogP contribution in [0.3, 0.4) is 0 Å². The molecule has 1 aromatic carbocycles. The Morgan fingerprint density at radius 1 is 1.20 bits per heavy atom. The number of hydrogen-bond acceptors (Lipinski definition) is 5. The molecular formula is C13H14N4O3. The van der Waals surface area contributed by atoms with Gasteiger partial charge in [-0.05, 0) is 19.1 Å². The van der Waals surface area contributed by atoms with Crippen LogP contribution in [0.1, 0.15) is 33.7 Å². The number of carbonyl (C=O) groups is 2. The minimum Gasteiger partial charge on any atom is -0.423 e. The minimum atomic E-state index is -1.15. The summed E-state index contributed by atoms with van der Waals surface area (Å²) in [7, 11) is 0. The topological polar surface area (TPSA) is 111 Å². The lowest BCUT2D eigenvalue weighted by Crippen LogP contribution is -2.37. The van der Waals surface area contributed by atoms with Gasteiger partial charge in [0.1, 0.15) is 0 Å². The smallest absolute Gasteiger partial charge is 0.252 e. The summed E-state index contributed by atoms with van der Waals surface area (Å²) in [5, 5.41) is 9.77. The van der Waals surface area contributed by atoms with Gasteiger partial charge in [0, 0.05) is 12.5 Å². The van der Waals surface area contributed by atoms with Gasteiger partial charge in [0.15, 0.2) is 6.04 Å². The van der Waals surface area contributed by atoms with Gasteiger partial charge in [-0.1, -0.05) is 17.7 Å². The fraction of sp³-hybridized carbons (Fsp3) is 0.231. The highest BCUT2D eigenvalue weighted by molar-refractivity contribution is 5.97. The third-order valence-corrected chi connectivity index (χ3v) is 2.66. The van der Waals surface area contributed by atoms with E-state index in [1.165, 1.54) is 0 Å². The largest absolute Gasteiger partial charge is 0.423 e. The zero-order chi connectivity index (χ0) is 14.7. The van der Waals surface area contributed by atoms with Gasteiger partial charge in [0.25, 0.3) is 5.91 Å². The molecule has 0 radical (unpaired) electrons. The fourth-order valence-electron chi connectivity index (χ4n) is 1.60. The van der Waals surface area contributed by atoms with E-state index < -0.39 is 17.9 Å². The zero-order valence-corrected chi connectivity index (χ0v) is 11.1. The summed E-state index contributed by atoms with van der Waals surface area (Å²) in [5.74, 6) is -0.954. The van der Waals surface area contributed by atoms with Crippen LogP contribution >= 0.6 is 0 Å². The molecule has 0 bridgehead atoms. The van der Waals surface area contributed by atoms with E-state index in [-0.39, 0.29) is 11.8 Å². The number of nitrogens with two attached hydrogens (primary N) is 1. The van der Waals surface area contributed by atoms with Crippen LogP contribution in [0, 0.1) is 13.8 Å². The highest BCUT2D eigenvalue weighted by Gasteiger charge is 2.26. The van der Waals surface area contributed by atoms with E-state index in [4.69, 9.17) is 10.2 Å². The second-order valence-corrected chi connectivity index (χ2v) is 4.33. The Morgan fingerprint density at radius 3 is 2.35 bits per heavy atom. The number of amides is 2. The van der Waals surface area contributed by atoms with Gasteiger partial charge in [-0.3, -0.25) is 9.59 Å². The molecule has 3 N–H and O–H groups in total. The number of rotatable bonds is 4. The fourth-order valence-corrected chi connectivity index (χ4v) is 1.60. The van der Waals surface area contributed by atoms with Gasteiger partial charge in [-0.25, -0.2) is 0 Å². The standard InChI is InChI=1S/C13H14N4O3/c1-7-3-5-9(6-4-7)12(19)15-10(11(14)18)13-17-16-8(2)20-13/h3-6,10H,1-2H3,(H2,14,18)(H,15,19)/t10-/m0/s1. The lowest BCUT2D eigenvalue weighted by atomic mass is 10.1. The van der Waals surface area contributed by atoms with Crippen LogP contribution < -0.4 is 11.1 Å². The van der Waals surface area contributed by atoms with Crippen molar-refractivity contribution in [3.8, 4) is 0 Å². The molecule has 1 atom stereocenters. The van der Waals surface area contributed by atoms with E-state index in [1.807, 2.05) is 6.92 Å². The maximum absolute atomic E-state index is 12.0. The van der Waals surface area contributed by atoms with E-state index in [0.717, 1.165) is 5.56 Å². The van der Waals surface area contributed by atoms with Crippen molar-refractivity contribution < 1.29 is 14.0 Å². The second kappa shape index (κ2) is 5.52. The molecule has 7 nitrogen and oxygen atoms in total. The van der Waals surface area contributed by atoms with Crippen molar-refractivity contribution in [2.24, 2.45) is 5.73 Å². The molecule has 2 aromatic rings. The molecule has 0 saturated heterocycles. The van der Waals surface area contributed by atoms with Crippen LogP contribution in [0.2, 0.25) is 0 Å². The van der Waals surface area contributed by atoms with Crippen LogP contribution in [0.4, 0.5) is 0 Å². The quantitative estimate of drug-likeness (QED) is 0.850. The predicted octanol–water partition coefficient (Wildman–Crippen LogP) is 0.643.